The van der Waals surface area contributed by atoms with Crippen LogP contribution in [-0.4, -0.2) is 9.61 Å². The van der Waals surface area contributed by atoms with Gasteiger partial charge >= 0.3 is 0 Å². The lowest BCUT2D eigenvalue weighted by Gasteiger charge is -2.03. The largest absolute Gasteiger partial charge is 0.438 e. The van der Waals surface area contributed by atoms with E-state index < -0.39 is 0 Å². The molecule has 118 valence electrons. The van der Waals surface area contributed by atoms with Crippen molar-refractivity contribution >= 4 is 5.71 Å². The van der Waals surface area contributed by atoms with Crippen molar-refractivity contribution in [1.29, 1.82) is 0 Å². The summed E-state index contributed by atoms with van der Waals surface area (Å²) in [7, 11) is 0. The van der Waals surface area contributed by atoms with E-state index in [9.17, 15) is 9.59 Å². The van der Waals surface area contributed by atoms with Gasteiger partial charge in [-0.3, -0.25) is 14.7 Å². The van der Waals surface area contributed by atoms with Crippen molar-refractivity contribution in [2.75, 3.05) is 0 Å². The molecule has 0 aliphatic rings. The third-order valence-corrected chi connectivity index (χ3v) is 3.91. The highest BCUT2D eigenvalue weighted by atomic mass is 16.3. The predicted octanol–water partition coefficient (Wildman–Crippen LogP) is 2.84. The van der Waals surface area contributed by atoms with Crippen molar-refractivity contribution in [3.63, 3.8) is 0 Å². The molecule has 0 aliphatic heterocycles. The topological polar surface area (TPSA) is 67.5 Å². The van der Waals surface area contributed by atoms with Crippen LogP contribution in [-0.2, 0) is 6.42 Å². The molecule has 0 bridgehead atoms. The van der Waals surface area contributed by atoms with E-state index in [1.54, 1.807) is 0 Å². The summed E-state index contributed by atoms with van der Waals surface area (Å²) in [5.74, 6) is 0.439. The molecular weight excluding hydrogens is 304 g/mol. The number of aromatic amines is 1. The molecule has 1 N–H and O–H groups in total. The van der Waals surface area contributed by atoms with Crippen molar-refractivity contribution in [3.05, 3.63) is 98.6 Å². The number of nitrogens with zero attached hydrogens (tertiary/aromatic N) is 1. The molecule has 5 heteroatoms. The minimum atomic E-state index is -0.327. The van der Waals surface area contributed by atoms with Gasteiger partial charge < -0.3 is 4.42 Å². The smallest absolute Gasteiger partial charge is 0.276 e. The molecule has 0 amide bonds. The molecule has 4 aromatic rings. The fraction of sp³-hybridized carbons (Fsp3) is 0.0526. The summed E-state index contributed by atoms with van der Waals surface area (Å²) in [6.07, 6.45) is 0.397. The van der Waals surface area contributed by atoms with Crippen molar-refractivity contribution in [2.24, 2.45) is 0 Å². The summed E-state index contributed by atoms with van der Waals surface area (Å²) in [6, 6.07) is 20.3. The van der Waals surface area contributed by atoms with E-state index in [0.717, 1.165) is 15.6 Å². The van der Waals surface area contributed by atoms with E-state index in [-0.39, 0.29) is 16.8 Å². The Labute approximate surface area is 136 Å². The summed E-state index contributed by atoms with van der Waals surface area (Å²) < 4.78 is 7.04. The van der Waals surface area contributed by atoms with Crippen LogP contribution in [0.2, 0.25) is 0 Å². The van der Waals surface area contributed by atoms with Crippen LogP contribution in [0.15, 0.2) is 80.7 Å². The monoisotopic (exact) mass is 318 g/mol. The van der Waals surface area contributed by atoms with E-state index in [0.29, 0.717) is 17.7 Å². The highest BCUT2D eigenvalue weighted by molar-refractivity contribution is 5.59. The average molecular weight is 318 g/mol. The highest BCUT2D eigenvalue weighted by Crippen LogP contribution is 2.20. The maximum atomic E-state index is 12.3. The second-order valence-corrected chi connectivity index (χ2v) is 5.54. The first-order valence-corrected chi connectivity index (χ1v) is 7.59. The summed E-state index contributed by atoms with van der Waals surface area (Å²) in [5, 5.41) is 2.55. The van der Waals surface area contributed by atoms with E-state index in [4.69, 9.17) is 4.42 Å². The first-order valence-electron chi connectivity index (χ1n) is 7.59. The molecular formula is C19H14N2O3. The average Bonchev–Trinajstić information content (AvgIpc) is 2.93. The fourth-order valence-corrected chi connectivity index (χ4v) is 2.73. The number of fused-ring (bicyclic) bond motifs is 1. The Hall–Kier alpha value is -3.34. The number of aromatic nitrogens is 2. The molecule has 0 fully saturated rings. The summed E-state index contributed by atoms with van der Waals surface area (Å²) >= 11 is 0. The van der Waals surface area contributed by atoms with Crippen molar-refractivity contribution in [2.45, 2.75) is 6.42 Å². The Kier molecular flexibility index (Phi) is 3.39. The van der Waals surface area contributed by atoms with E-state index in [1.807, 2.05) is 60.7 Å². The third-order valence-electron chi connectivity index (χ3n) is 3.91. The van der Waals surface area contributed by atoms with Crippen LogP contribution in [0.3, 0.4) is 0 Å². The Bertz CT molecular complexity index is 1110. The molecule has 0 aliphatic carbocycles. The second kappa shape index (κ2) is 5.70. The molecule has 0 saturated heterocycles. The van der Waals surface area contributed by atoms with Gasteiger partial charge in [0.1, 0.15) is 5.76 Å². The second-order valence-electron chi connectivity index (χ2n) is 5.54. The van der Waals surface area contributed by atoms with Crippen LogP contribution in [0.1, 0.15) is 11.1 Å². The summed E-state index contributed by atoms with van der Waals surface area (Å²) in [5.41, 5.74) is 1.82. The molecule has 0 radical (unpaired) electrons. The van der Waals surface area contributed by atoms with Gasteiger partial charge in [-0.15, -0.1) is 0 Å². The standard InChI is InChI=1S/C19H14N2O3/c22-17-12-16(14-9-5-2-6-10-14)24-19-15(18(23)20-21(17)19)11-13-7-3-1-4-8-13/h1-10,12H,11H2,(H,20,23). The van der Waals surface area contributed by atoms with Crippen molar-refractivity contribution in [3.8, 4) is 11.3 Å². The van der Waals surface area contributed by atoms with E-state index >= 15 is 0 Å². The molecule has 0 atom stereocenters. The van der Waals surface area contributed by atoms with E-state index in [2.05, 4.69) is 5.10 Å². The molecule has 2 aromatic heterocycles. The number of rotatable bonds is 3. The zero-order valence-corrected chi connectivity index (χ0v) is 12.7. The lowest BCUT2D eigenvalue weighted by Crippen LogP contribution is -2.14. The normalized spacial score (nSPS) is 11.0. The zero-order valence-electron chi connectivity index (χ0n) is 12.7. The Morgan fingerprint density at radius 1 is 0.917 bits per heavy atom. The summed E-state index contributed by atoms with van der Waals surface area (Å²) in [4.78, 5) is 24.6. The van der Waals surface area contributed by atoms with E-state index in [1.165, 1.54) is 6.07 Å². The summed E-state index contributed by atoms with van der Waals surface area (Å²) in [6.45, 7) is 0. The van der Waals surface area contributed by atoms with Crippen LogP contribution in [0.25, 0.3) is 17.0 Å². The molecule has 2 aromatic carbocycles. The fourth-order valence-electron chi connectivity index (χ4n) is 2.73. The number of benzene rings is 2. The Balaban J connectivity index is 1.91. The zero-order chi connectivity index (χ0) is 16.5. The van der Waals surface area contributed by atoms with Crippen molar-refractivity contribution in [1.82, 2.24) is 9.61 Å². The van der Waals surface area contributed by atoms with Gasteiger partial charge in [-0.2, -0.15) is 4.52 Å². The van der Waals surface area contributed by atoms with Crippen LogP contribution in [0.5, 0.6) is 0 Å². The lowest BCUT2D eigenvalue weighted by atomic mass is 10.1. The third kappa shape index (κ3) is 2.46. The molecule has 2 heterocycles. The van der Waals surface area contributed by atoms with Gasteiger partial charge in [0, 0.05) is 18.1 Å². The van der Waals surface area contributed by atoms with Gasteiger partial charge in [0.05, 0.1) is 5.56 Å². The first-order chi connectivity index (χ1) is 11.7. The Morgan fingerprint density at radius 3 is 2.29 bits per heavy atom. The molecule has 0 unspecified atom stereocenters. The number of nitrogens with one attached hydrogen (secondary N) is 1. The van der Waals surface area contributed by atoms with Gasteiger partial charge in [-0.25, -0.2) is 0 Å². The number of hydrogen-bond donors (Lipinski definition) is 1. The van der Waals surface area contributed by atoms with Gasteiger partial charge in [0.15, 0.2) is 0 Å². The molecule has 0 saturated carbocycles. The quantitative estimate of drug-likeness (QED) is 0.631. The van der Waals surface area contributed by atoms with Crippen LogP contribution in [0.4, 0.5) is 0 Å². The van der Waals surface area contributed by atoms with Crippen molar-refractivity contribution < 1.29 is 4.42 Å². The minimum Gasteiger partial charge on any atom is -0.438 e. The molecule has 24 heavy (non-hydrogen) atoms. The first kappa shape index (κ1) is 14.3. The number of hydrogen-bond acceptors (Lipinski definition) is 3. The maximum absolute atomic E-state index is 12.3. The molecule has 0 spiro atoms. The van der Waals surface area contributed by atoms with Crippen LogP contribution in [0, 0.1) is 0 Å². The van der Waals surface area contributed by atoms with Gasteiger partial charge in [0.2, 0.25) is 5.71 Å². The molecule has 5 nitrogen and oxygen atoms in total. The highest BCUT2D eigenvalue weighted by Gasteiger charge is 2.15. The van der Waals surface area contributed by atoms with Gasteiger partial charge in [0.25, 0.3) is 11.1 Å². The SMILES string of the molecule is O=c1[nH]n2c(=O)cc(-c3ccccc3)oc2c1Cc1ccccc1. The van der Waals surface area contributed by atoms with Crippen LogP contribution >= 0.6 is 0 Å². The molecule has 4 rings (SSSR count). The lowest BCUT2D eigenvalue weighted by molar-refractivity contribution is 0.574. The maximum Gasteiger partial charge on any atom is 0.276 e. The predicted molar refractivity (Wildman–Crippen MR) is 91.2 cm³/mol. The minimum absolute atomic E-state index is 0.259. The Morgan fingerprint density at radius 2 is 1.58 bits per heavy atom. The number of H-pyrrole nitrogens is 1. The van der Waals surface area contributed by atoms with Gasteiger partial charge in [-0.05, 0) is 5.56 Å². The van der Waals surface area contributed by atoms with Crippen LogP contribution < -0.4 is 11.1 Å². The van der Waals surface area contributed by atoms with Gasteiger partial charge in [-0.1, -0.05) is 60.7 Å².